The van der Waals surface area contributed by atoms with E-state index in [9.17, 15) is 4.79 Å². The Morgan fingerprint density at radius 1 is 1.50 bits per heavy atom. The first kappa shape index (κ1) is 11.8. The van der Waals surface area contributed by atoms with Crippen molar-refractivity contribution >= 4 is 17.5 Å². The number of Topliss-reactive ketones (excluding diaryl/α,β-unsaturated/α-hetero) is 1. The van der Waals surface area contributed by atoms with Crippen molar-refractivity contribution < 1.29 is 4.79 Å². The van der Waals surface area contributed by atoms with E-state index in [-0.39, 0.29) is 5.25 Å². The summed E-state index contributed by atoms with van der Waals surface area (Å²) in [6.45, 7) is 8.10. The second kappa shape index (κ2) is 6.30. The molecule has 0 spiro atoms. The number of rotatable bonds is 5. The third kappa shape index (κ3) is 5.42. The van der Waals surface area contributed by atoms with Crippen molar-refractivity contribution in [2.75, 3.05) is 0 Å². The molecule has 0 aromatic heterocycles. The number of ketones is 1. The Kier molecular flexibility index (Phi) is 6.17. The summed E-state index contributed by atoms with van der Waals surface area (Å²) in [5.41, 5.74) is 1.26. The van der Waals surface area contributed by atoms with Crippen molar-refractivity contribution in [2.45, 2.75) is 45.8 Å². The van der Waals surface area contributed by atoms with Crippen LogP contribution in [-0.2, 0) is 4.79 Å². The van der Waals surface area contributed by atoms with E-state index in [1.165, 1.54) is 5.57 Å². The third-order valence-electron chi connectivity index (χ3n) is 1.46. The highest BCUT2D eigenvalue weighted by molar-refractivity contribution is 8.03. The predicted molar refractivity (Wildman–Crippen MR) is 56.4 cm³/mol. The largest absolute Gasteiger partial charge is 0.298 e. The summed E-state index contributed by atoms with van der Waals surface area (Å²) in [4.78, 5) is 11.3. The molecule has 0 N–H and O–H groups in total. The van der Waals surface area contributed by atoms with Crippen LogP contribution in [0.1, 0.15) is 40.5 Å². The zero-order chi connectivity index (χ0) is 9.56. The number of hydrogen-bond acceptors (Lipinski definition) is 2. The lowest BCUT2D eigenvalue weighted by Crippen LogP contribution is -2.11. The molecule has 0 aliphatic rings. The molecule has 0 aromatic rings. The van der Waals surface area contributed by atoms with Crippen LogP contribution >= 0.6 is 11.8 Å². The molecule has 0 heterocycles. The van der Waals surface area contributed by atoms with Crippen molar-refractivity contribution in [1.82, 2.24) is 0 Å². The van der Waals surface area contributed by atoms with Gasteiger partial charge in [0.1, 0.15) is 5.78 Å². The standard InChI is InChI=1S/C10H18OS/c1-5-6-10(11)9(4)12-7-8(2)3/h7,9H,5-6H2,1-4H3. The van der Waals surface area contributed by atoms with E-state index < -0.39 is 0 Å². The van der Waals surface area contributed by atoms with E-state index in [2.05, 4.69) is 5.41 Å². The molecule has 0 saturated carbocycles. The molecule has 1 nitrogen and oxygen atoms in total. The Labute approximate surface area is 79.6 Å². The Balaban J connectivity index is 3.79. The molecule has 0 radical (unpaired) electrons. The Morgan fingerprint density at radius 3 is 2.50 bits per heavy atom. The van der Waals surface area contributed by atoms with Crippen LogP contribution in [0.25, 0.3) is 0 Å². The van der Waals surface area contributed by atoms with Crippen molar-refractivity contribution in [3.05, 3.63) is 11.0 Å². The molecule has 70 valence electrons. The molecule has 0 aromatic carbocycles. The average molecular weight is 186 g/mol. The molecule has 0 aliphatic heterocycles. The highest BCUT2D eigenvalue weighted by Crippen LogP contribution is 2.16. The van der Waals surface area contributed by atoms with Crippen LogP contribution in [0.5, 0.6) is 0 Å². The minimum Gasteiger partial charge on any atom is -0.298 e. The average Bonchev–Trinajstić information content (AvgIpc) is 2.00. The van der Waals surface area contributed by atoms with E-state index in [1.807, 2.05) is 27.7 Å². The van der Waals surface area contributed by atoms with Gasteiger partial charge in [0.25, 0.3) is 0 Å². The van der Waals surface area contributed by atoms with Gasteiger partial charge in [-0.15, -0.1) is 11.8 Å². The fraction of sp³-hybridized carbons (Fsp3) is 0.700. The molecule has 1 unspecified atom stereocenters. The summed E-state index contributed by atoms with van der Waals surface area (Å²) in [5.74, 6) is 0.361. The van der Waals surface area contributed by atoms with Gasteiger partial charge in [-0.2, -0.15) is 0 Å². The lowest BCUT2D eigenvalue weighted by atomic mass is 10.2. The van der Waals surface area contributed by atoms with Gasteiger partial charge < -0.3 is 0 Å². The number of carbonyl (C=O) groups excluding carboxylic acids is 1. The van der Waals surface area contributed by atoms with Crippen LogP contribution in [0.2, 0.25) is 0 Å². The predicted octanol–water partition coefficient (Wildman–Crippen LogP) is 3.40. The maximum atomic E-state index is 11.3. The SMILES string of the molecule is CCCC(=O)C(C)SC=C(C)C. The van der Waals surface area contributed by atoms with Gasteiger partial charge in [0.15, 0.2) is 0 Å². The summed E-state index contributed by atoms with van der Waals surface area (Å²) >= 11 is 1.62. The van der Waals surface area contributed by atoms with Crippen LogP contribution in [-0.4, -0.2) is 11.0 Å². The summed E-state index contributed by atoms with van der Waals surface area (Å²) in [6.07, 6.45) is 1.67. The van der Waals surface area contributed by atoms with Crippen molar-refractivity contribution in [3.8, 4) is 0 Å². The molecule has 0 aliphatic carbocycles. The second-order valence-corrected chi connectivity index (χ2v) is 4.40. The zero-order valence-corrected chi connectivity index (χ0v) is 9.20. The van der Waals surface area contributed by atoms with Crippen LogP contribution in [0.3, 0.4) is 0 Å². The number of carbonyl (C=O) groups is 1. The minimum atomic E-state index is 0.125. The Hall–Kier alpha value is -0.240. The summed E-state index contributed by atoms with van der Waals surface area (Å²) < 4.78 is 0. The second-order valence-electron chi connectivity index (χ2n) is 3.19. The van der Waals surface area contributed by atoms with Crippen LogP contribution in [0, 0.1) is 0 Å². The van der Waals surface area contributed by atoms with Crippen molar-refractivity contribution in [3.63, 3.8) is 0 Å². The van der Waals surface area contributed by atoms with Gasteiger partial charge in [-0.05, 0) is 32.6 Å². The highest BCUT2D eigenvalue weighted by Gasteiger charge is 2.09. The molecular formula is C10H18OS. The van der Waals surface area contributed by atoms with Crippen LogP contribution < -0.4 is 0 Å². The molecule has 0 amide bonds. The fourth-order valence-electron chi connectivity index (χ4n) is 0.764. The molecule has 0 fully saturated rings. The maximum absolute atomic E-state index is 11.3. The number of thioether (sulfide) groups is 1. The van der Waals surface area contributed by atoms with Gasteiger partial charge in [0.2, 0.25) is 0 Å². The molecular weight excluding hydrogens is 168 g/mol. The van der Waals surface area contributed by atoms with Gasteiger partial charge in [-0.1, -0.05) is 12.5 Å². The lowest BCUT2D eigenvalue weighted by Gasteiger charge is -2.05. The molecule has 0 saturated heterocycles. The molecule has 12 heavy (non-hydrogen) atoms. The van der Waals surface area contributed by atoms with E-state index in [1.54, 1.807) is 11.8 Å². The van der Waals surface area contributed by atoms with Crippen molar-refractivity contribution in [2.24, 2.45) is 0 Å². The monoisotopic (exact) mass is 186 g/mol. The molecule has 0 bridgehead atoms. The fourth-order valence-corrected chi connectivity index (χ4v) is 1.51. The Morgan fingerprint density at radius 2 is 2.08 bits per heavy atom. The van der Waals surface area contributed by atoms with E-state index in [0.29, 0.717) is 12.2 Å². The minimum absolute atomic E-state index is 0.125. The summed E-state index contributed by atoms with van der Waals surface area (Å²) in [7, 11) is 0. The van der Waals surface area contributed by atoms with Gasteiger partial charge in [-0.3, -0.25) is 4.79 Å². The quantitative estimate of drug-likeness (QED) is 0.654. The lowest BCUT2D eigenvalue weighted by molar-refractivity contribution is -0.118. The van der Waals surface area contributed by atoms with E-state index >= 15 is 0 Å². The Bertz CT molecular complexity index is 169. The molecule has 0 rings (SSSR count). The summed E-state index contributed by atoms with van der Waals surface area (Å²) in [6, 6.07) is 0. The summed E-state index contributed by atoms with van der Waals surface area (Å²) in [5, 5.41) is 2.18. The zero-order valence-electron chi connectivity index (χ0n) is 8.39. The topological polar surface area (TPSA) is 17.1 Å². The van der Waals surface area contributed by atoms with Gasteiger partial charge >= 0.3 is 0 Å². The van der Waals surface area contributed by atoms with Gasteiger partial charge in [0.05, 0.1) is 5.25 Å². The normalized spacial score (nSPS) is 12.3. The molecule has 2 heteroatoms. The first-order valence-electron chi connectivity index (χ1n) is 4.39. The number of hydrogen-bond donors (Lipinski definition) is 0. The first-order valence-corrected chi connectivity index (χ1v) is 5.33. The highest BCUT2D eigenvalue weighted by atomic mass is 32.2. The molecule has 1 atom stereocenters. The third-order valence-corrected chi connectivity index (χ3v) is 2.74. The van der Waals surface area contributed by atoms with Crippen LogP contribution in [0.4, 0.5) is 0 Å². The first-order chi connectivity index (χ1) is 5.57. The van der Waals surface area contributed by atoms with Crippen LogP contribution in [0.15, 0.2) is 11.0 Å². The van der Waals surface area contributed by atoms with Gasteiger partial charge in [0, 0.05) is 6.42 Å². The van der Waals surface area contributed by atoms with E-state index in [0.717, 1.165) is 6.42 Å². The number of allylic oxidation sites excluding steroid dienone is 1. The van der Waals surface area contributed by atoms with Gasteiger partial charge in [-0.25, -0.2) is 0 Å². The van der Waals surface area contributed by atoms with Crippen molar-refractivity contribution in [1.29, 1.82) is 0 Å². The smallest absolute Gasteiger partial charge is 0.145 e. The van der Waals surface area contributed by atoms with E-state index in [4.69, 9.17) is 0 Å². The maximum Gasteiger partial charge on any atom is 0.145 e.